The summed E-state index contributed by atoms with van der Waals surface area (Å²) in [7, 11) is -2.99. The van der Waals surface area contributed by atoms with Crippen LogP contribution in [0, 0.1) is 11.7 Å². The molecule has 0 saturated heterocycles. The normalized spacial score (nSPS) is 16.5. The van der Waals surface area contributed by atoms with Crippen molar-refractivity contribution in [3.05, 3.63) is 29.6 Å². The lowest BCUT2D eigenvalue weighted by atomic mass is 10.2. The van der Waals surface area contributed by atoms with Gasteiger partial charge in [-0.05, 0) is 30.9 Å². The van der Waals surface area contributed by atoms with Gasteiger partial charge in [0.1, 0.15) is 11.4 Å². The molecule has 0 spiro atoms. The minimum absolute atomic E-state index is 0.146. The summed E-state index contributed by atoms with van der Waals surface area (Å²) in [5.74, 6) is -1.79. The number of methoxy groups -OCH3 is 1. The molecule has 6 nitrogen and oxygen atoms in total. The monoisotopic (exact) mass is 316 g/mol. The molecule has 0 amide bonds. The summed E-state index contributed by atoms with van der Waals surface area (Å²) in [6, 6.07) is 2.99. The number of nitrogens with one attached hydrogen (secondary N) is 1. The van der Waals surface area contributed by atoms with Gasteiger partial charge in [-0.3, -0.25) is 0 Å². The fourth-order valence-electron chi connectivity index (χ4n) is 2.13. The molecule has 116 valence electrons. The average molecular weight is 316 g/mol. The third-order valence-corrected chi connectivity index (χ3v) is 4.94. The van der Waals surface area contributed by atoms with Gasteiger partial charge < -0.3 is 10.5 Å². The molecule has 1 aromatic carbocycles. The first-order chi connectivity index (χ1) is 9.90. The van der Waals surface area contributed by atoms with Crippen LogP contribution in [0.25, 0.3) is 0 Å². The third-order valence-electron chi connectivity index (χ3n) is 3.41. The summed E-state index contributed by atoms with van der Waals surface area (Å²) >= 11 is 0. The smallest absolute Gasteiger partial charge is 0.342 e. The number of halogens is 1. The van der Waals surface area contributed by atoms with Crippen molar-refractivity contribution in [2.45, 2.75) is 23.8 Å². The van der Waals surface area contributed by atoms with E-state index in [0.717, 1.165) is 32.1 Å². The number of ether oxygens (including phenoxy) is 1. The van der Waals surface area contributed by atoms with E-state index in [-0.39, 0.29) is 12.5 Å². The Hall–Kier alpha value is -1.51. The van der Waals surface area contributed by atoms with Crippen molar-refractivity contribution in [1.29, 1.82) is 0 Å². The van der Waals surface area contributed by atoms with Gasteiger partial charge in [-0.25, -0.2) is 22.3 Å². The Morgan fingerprint density at radius 2 is 2.19 bits per heavy atom. The van der Waals surface area contributed by atoms with Crippen LogP contribution in [-0.2, 0) is 14.8 Å². The highest BCUT2D eigenvalue weighted by atomic mass is 32.2. The van der Waals surface area contributed by atoms with Gasteiger partial charge in [0.2, 0.25) is 10.0 Å². The van der Waals surface area contributed by atoms with E-state index in [2.05, 4.69) is 9.46 Å². The zero-order valence-corrected chi connectivity index (χ0v) is 12.3. The summed E-state index contributed by atoms with van der Waals surface area (Å²) in [4.78, 5) is 11.2. The molecule has 1 unspecified atom stereocenters. The Kier molecular flexibility index (Phi) is 4.60. The summed E-state index contributed by atoms with van der Waals surface area (Å²) in [5.41, 5.74) is 4.96. The molecule has 8 heteroatoms. The summed E-state index contributed by atoms with van der Waals surface area (Å²) in [6.45, 7) is 0.146. The van der Waals surface area contributed by atoms with Gasteiger partial charge in [-0.2, -0.15) is 0 Å². The lowest BCUT2D eigenvalue weighted by Crippen LogP contribution is -2.42. The zero-order valence-electron chi connectivity index (χ0n) is 11.5. The molecule has 0 heterocycles. The minimum Gasteiger partial charge on any atom is -0.465 e. The van der Waals surface area contributed by atoms with E-state index >= 15 is 0 Å². The van der Waals surface area contributed by atoms with E-state index in [1.165, 1.54) is 6.07 Å². The molecule has 0 aliphatic heterocycles. The average Bonchev–Trinajstić information content (AvgIpc) is 3.28. The first-order valence-corrected chi connectivity index (χ1v) is 7.98. The maximum atomic E-state index is 13.8. The molecular formula is C13H17FN2O4S. The fourth-order valence-corrected chi connectivity index (χ4v) is 3.65. The molecule has 0 radical (unpaired) electrons. The van der Waals surface area contributed by atoms with E-state index in [1.54, 1.807) is 0 Å². The van der Waals surface area contributed by atoms with E-state index in [9.17, 15) is 17.6 Å². The van der Waals surface area contributed by atoms with Crippen LogP contribution in [-0.4, -0.2) is 34.1 Å². The topological polar surface area (TPSA) is 98.5 Å². The maximum Gasteiger partial charge on any atom is 0.342 e. The molecule has 0 bridgehead atoms. The number of sulfonamides is 1. The number of carbonyl (C=O) groups excluding carboxylic acids is 1. The van der Waals surface area contributed by atoms with Crippen LogP contribution in [0.15, 0.2) is 23.1 Å². The number of benzene rings is 1. The number of nitrogens with two attached hydrogens (primary N) is 1. The number of carbonyl (C=O) groups is 1. The van der Waals surface area contributed by atoms with Crippen LogP contribution in [0.5, 0.6) is 0 Å². The van der Waals surface area contributed by atoms with Crippen LogP contribution in [0.2, 0.25) is 0 Å². The second kappa shape index (κ2) is 6.08. The van der Waals surface area contributed by atoms with Crippen LogP contribution in [0.4, 0.5) is 4.39 Å². The van der Waals surface area contributed by atoms with E-state index < -0.39 is 38.3 Å². The molecule has 1 atom stereocenters. The Labute approximate surface area is 122 Å². The summed E-state index contributed by atoms with van der Waals surface area (Å²) < 4.78 is 45.5. The Morgan fingerprint density at radius 3 is 2.71 bits per heavy atom. The van der Waals surface area contributed by atoms with Crippen LogP contribution < -0.4 is 10.5 Å². The lowest BCUT2D eigenvalue weighted by Gasteiger charge is -2.17. The van der Waals surface area contributed by atoms with Gasteiger partial charge in [-0.15, -0.1) is 0 Å². The van der Waals surface area contributed by atoms with E-state index in [1.807, 2.05) is 0 Å². The van der Waals surface area contributed by atoms with Crippen molar-refractivity contribution < 1.29 is 22.3 Å². The van der Waals surface area contributed by atoms with Gasteiger partial charge in [-0.1, -0.05) is 6.07 Å². The molecule has 0 aromatic heterocycles. The highest BCUT2D eigenvalue weighted by Gasteiger charge is 2.35. The van der Waals surface area contributed by atoms with Gasteiger partial charge >= 0.3 is 5.97 Å². The number of hydrogen-bond acceptors (Lipinski definition) is 5. The number of rotatable bonds is 6. The molecule has 1 aliphatic rings. The first kappa shape index (κ1) is 15.9. The molecule has 21 heavy (non-hydrogen) atoms. The highest BCUT2D eigenvalue weighted by molar-refractivity contribution is 7.89. The first-order valence-electron chi connectivity index (χ1n) is 6.50. The molecule has 2 rings (SSSR count). The predicted octanol–water partition coefficient (Wildman–Crippen LogP) is 0.628. The van der Waals surface area contributed by atoms with Gasteiger partial charge in [0.15, 0.2) is 0 Å². The quantitative estimate of drug-likeness (QED) is 0.750. The standard InChI is InChI=1S/C13H17FN2O4S/c1-20-13(17)12-9(14)3-2-4-11(12)21(18,19)16-10(7-15)8-5-6-8/h2-4,8,10,16H,5-7,15H2,1H3. The molecule has 1 aliphatic carbocycles. The van der Waals surface area contributed by atoms with Crippen LogP contribution in [0.3, 0.4) is 0 Å². The second-order valence-electron chi connectivity index (χ2n) is 4.91. The SMILES string of the molecule is COC(=O)c1c(F)cccc1S(=O)(=O)NC(CN)C1CC1. The molecule has 3 N–H and O–H groups in total. The number of esters is 1. The number of hydrogen-bond donors (Lipinski definition) is 2. The van der Waals surface area contributed by atoms with Gasteiger partial charge in [0.05, 0.1) is 12.0 Å². The maximum absolute atomic E-state index is 13.8. The van der Waals surface area contributed by atoms with Crippen molar-refractivity contribution in [2.24, 2.45) is 11.7 Å². The molecule has 1 fully saturated rings. The Bertz CT molecular complexity index is 644. The fraction of sp³-hybridized carbons (Fsp3) is 0.462. The van der Waals surface area contributed by atoms with Crippen molar-refractivity contribution in [3.63, 3.8) is 0 Å². The second-order valence-corrected chi connectivity index (χ2v) is 6.59. The Balaban J connectivity index is 2.39. The van der Waals surface area contributed by atoms with Gasteiger partial charge in [0, 0.05) is 12.6 Å². The summed E-state index contributed by atoms with van der Waals surface area (Å²) in [6.07, 6.45) is 1.80. The molecule has 1 saturated carbocycles. The van der Waals surface area contributed by atoms with Crippen LogP contribution >= 0.6 is 0 Å². The lowest BCUT2D eigenvalue weighted by molar-refractivity contribution is 0.0590. The Morgan fingerprint density at radius 1 is 1.52 bits per heavy atom. The van der Waals surface area contributed by atoms with Gasteiger partial charge in [0.25, 0.3) is 0 Å². The molecular weight excluding hydrogens is 299 g/mol. The van der Waals surface area contributed by atoms with Crippen molar-refractivity contribution in [3.8, 4) is 0 Å². The van der Waals surface area contributed by atoms with Crippen molar-refractivity contribution in [1.82, 2.24) is 4.72 Å². The largest absolute Gasteiger partial charge is 0.465 e. The summed E-state index contributed by atoms with van der Waals surface area (Å²) in [5, 5.41) is 0. The minimum atomic E-state index is -4.06. The zero-order chi connectivity index (χ0) is 15.6. The van der Waals surface area contributed by atoms with E-state index in [0.29, 0.717) is 0 Å². The predicted molar refractivity (Wildman–Crippen MR) is 73.6 cm³/mol. The van der Waals surface area contributed by atoms with Crippen molar-refractivity contribution >= 4 is 16.0 Å². The van der Waals surface area contributed by atoms with Crippen molar-refractivity contribution in [2.75, 3.05) is 13.7 Å². The highest BCUT2D eigenvalue weighted by Crippen LogP contribution is 2.33. The van der Waals surface area contributed by atoms with Crippen LogP contribution in [0.1, 0.15) is 23.2 Å². The molecule has 1 aromatic rings. The third kappa shape index (κ3) is 3.39. The van der Waals surface area contributed by atoms with E-state index in [4.69, 9.17) is 5.73 Å².